The molecule has 0 aromatic carbocycles. The maximum Gasteiger partial charge on any atom is 0.309 e. The normalized spacial score (nSPS) is 11.1. The molecule has 0 amide bonds. The molecule has 1 aromatic rings. The van der Waals surface area contributed by atoms with Gasteiger partial charge in [0.15, 0.2) is 0 Å². The smallest absolute Gasteiger partial charge is 0.309 e. The van der Waals surface area contributed by atoms with E-state index < -0.39 is 5.97 Å². The van der Waals surface area contributed by atoms with Crippen LogP contribution in [0, 0.1) is 0 Å². The van der Waals surface area contributed by atoms with Crippen LogP contribution in [0.25, 0.3) is 0 Å². The Bertz CT molecular complexity index is 386. The molecule has 0 atom stereocenters. The summed E-state index contributed by atoms with van der Waals surface area (Å²) in [5, 5.41) is 17.0. The van der Waals surface area contributed by atoms with Gasteiger partial charge in [-0.25, -0.2) is 4.68 Å². The number of hydrogen-bond donors (Lipinski definition) is 1. The molecule has 1 N–H and O–H groups in total. The van der Waals surface area contributed by atoms with Gasteiger partial charge in [-0.2, -0.15) is 0 Å². The Morgan fingerprint density at radius 3 is 2.61 bits per heavy atom. The highest BCUT2D eigenvalue weighted by atomic mass is 16.4. The molecular weight excluding hydrogens is 230 g/mol. The van der Waals surface area contributed by atoms with Gasteiger partial charge in [0.05, 0.1) is 17.8 Å². The van der Waals surface area contributed by atoms with Gasteiger partial charge in [-0.15, -0.1) is 5.10 Å². The fourth-order valence-electron chi connectivity index (χ4n) is 2.11. The third-order valence-electron chi connectivity index (χ3n) is 2.94. The molecule has 1 aromatic heterocycles. The van der Waals surface area contributed by atoms with E-state index in [4.69, 9.17) is 5.11 Å². The van der Waals surface area contributed by atoms with Gasteiger partial charge in [0.25, 0.3) is 0 Å². The zero-order valence-corrected chi connectivity index (χ0v) is 11.5. The molecule has 0 fully saturated rings. The van der Waals surface area contributed by atoms with Crippen LogP contribution in [0.3, 0.4) is 0 Å². The molecule has 0 unspecified atom stereocenters. The minimum Gasteiger partial charge on any atom is -0.481 e. The van der Waals surface area contributed by atoms with Crippen LogP contribution < -0.4 is 0 Å². The van der Waals surface area contributed by atoms with Gasteiger partial charge < -0.3 is 5.11 Å². The zero-order chi connectivity index (χ0) is 13.5. The molecule has 0 saturated heterocycles. The highest BCUT2D eigenvalue weighted by Crippen LogP contribution is 2.18. The fraction of sp³-hybridized carbons (Fsp3) is 0.769. The van der Waals surface area contributed by atoms with Gasteiger partial charge in [0, 0.05) is 6.54 Å². The highest BCUT2D eigenvalue weighted by molar-refractivity contribution is 5.69. The second-order valence-electron chi connectivity index (χ2n) is 4.93. The van der Waals surface area contributed by atoms with Crippen LogP contribution in [0.15, 0.2) is 0 Å². The van der Waals surface area contributed by atoms with Gasteiger partial charge >= 0.3 is 5.97 Å². The summed E-state index contributed by atoms with van der Waals surface area (Å²) in [5.41, 5.74) is 1.57. The molecule has 0 bridgehead atoms. The summed E-state index contributed by atoms with van der Waals surface area (Å²) in [4.78, 5) is 10.8. The Hall–Kier alpha value is -1.39. The molecule has 0 saturated carbocycles. The predicted octanol–water partition coefficient (Wildman–Crippen LogP) is 2.61. The van der Waals surface area contributed by atoms with Gasteiger partial charge in [-0.3, -0.25) is 4.79 Å². The number of carbonyl (C=O) groups is 1. The first-order chi connectivity index (χ1) is 8.56. The molecule has 102 valence electrons. The topological polar surface area (TPSA) is 68.0 Å². The SMILES string of the molecule is CCCCCCn1nnc(CC(=O)O)c1C(C)C. The third kappa shape index (κ3) is 4.13. The summed E-state index contributed by atoms with van der Waals surface area (Å²) in [7, 11) is 0. The molecule has 1 heterocycles. The molecule has 0 radical (unpaired) electrons. The van der Waals surface area contributed by atoms with Crippen molar-refractivity contribution in [3.05, 3.63) is 11.4 Å². The van der Waals surface area contributed by atoms with Crippen LogP contribution in [0.5, 0.6) is 0 Å². The number of rotatable bonds is 8. The number of carboxylic acids is 1. The number of unbranched alkanes of at least 4 members (excludes halogenated alkanes) is 3. The third-order valence-corrected chi connectivity index (χ3v) is 2.94. The average molecular weight is 253 g/mol. The largest absolute Gasteiger partial charge is 0.481 e. The molecule has 0 spiro atoms. The maximum atomic E-state index is 10.8. The van der Waals surface area contributed by atoms with E-state index in [0.29, 0.717) is 5.69 Å². The Morgan fingerprint density at radius 2 is 2.06 bits per heavy atom. The quantitative estimate of drug-likeness (QED) is 0.723. The van der Waals surface area contributed by atoms with Crippen molar-refractivity contribution in [3.63, 3.8) is 0 Å². The number of carboxylic acid groups (broad SMARTS) is 1. The number of nitrogens with zero attached hydrogens (tertiary/aromatic N) is 3. The van der Waals surface area contributed by atoms with Crippen molar-refractivity contribution in [3.8, 4) is 0 Å². The van der Waals surface area contributed by atoms with E-state index in [0.717, 1.165) is 18.7 Å². The summed E-state index contributed by atoms with van der Waals surface area (Å²) < 4.78 is 1.87. The zero-order valence-electron chi connectivity index (χ0n) is 11.5. The lowest BCUT2D eigenvalue weighted by Crippen LogP contribution is -2.10. The van der Waals surface area contributed by atoms with Crippen molar-refractivity contribution in [1.29, 1.82) is 0 Å². The predicted molar refractivity (Wildman–Crippen MR) is 69.6 cm³/mol. The summed E-state index contributed by atoms with van der Waals surface area (Å²) in [5.74, 6) is -0.601. The first-order valence-corrected chi connectivity index (χ1v) is 6.70. The van der Waals surface area contributed by atoms with Crippen LogP contribution in [0.2, 0.25) is 0 Å². The first-order valence-electron chi connectivity index (χ1n) is 6.70. The fourth-order valence-corrected chi connectivity index (χ4v) is 2.11. The molecule has 0 aliphatic carbocycles. The van der Waals surface area contributed by atoms with Gasteiger partial charge in [0.1, 0.15) is 0 Å². The Morgan fingerprint density at radius 1 is 1.33 bits per heavy atom. The number of hydrogen-bond acceptors (Lipinski definition) is 3. The minimum atomic E-state index is -0.852. The standard InChI is InChI=1S/C13H23N3O2/c1-4-5-6-7-8-16-13(10(2)3)11(14-15-16)9-12(17)18/h10H,4-9H2,1-3H3,(H,17,18). The van der Waals surface area contributed by atoms with Crippen molar-refractivity contribution < 1.29 is 9.90 Å². The molecule has 18 heavy (non-hydrogen) atoms. The van der Waals surface area contributed by atoms with E-state index in [9.17, 15) is 4.79 Å². The monoisotopic (exact) mass is 253 g/mol. The Balaban J connectivity index is 2.72. The number of aliphatic carboxylic acids is 1. The Labute approximate surface area is 108 Å². The summed E-state index contributed by atoms with van der Waals surface area (Å²) in [6.45, 7) is 7.11. The maximum absolute atomic E-state index is 10.8. The van der Waals surface area contributed by atoms with Crippen molar-refractivity contribution >= 4 is 5.97 Å². The van der Waals surface area contributed by atoms with E-state index >= 15 is 0 Å². The van der Waals surface area contributed by atoms with Crippen molar-refractivity contribution in [1.82, 2.24) is 15.0 Å². The molecule has 0 aliphatic heterocycles. The van der Waals surface area contributed by atoms with Gasteiger partial charge in [-0.05, 0) is 12.3 Å². The molecule has 5 nitrogen and oxygen atoms in total. The molecule has 0 aliphatic rings. The lowest BCUT2D eigenvalue weighted by atomic mass is 10.1. The van der Waals surface area contributed by atoms with Crippen LogP contribution in [0.1, 0.15) is 63.8 Å². The van der Waals surface area contributed by atoms with Crippen LogP contribution >= 0.6 is 0 Å². The highest BCUT2D eigenvalue weighted by Gasteiger charge is 2.17. The minimum absolute atomic E-state index is 0.0392. The van der Waals surface area contributed by atoms with Gasteiger partial charge in [0.2, 0.25) is 0 Å². The van der Waals surface area contributed by atoms with Crippen molar-refractivity contribution in [2.45, 2.75) is 65.3 Å². The lowest BCUT2D eigenvalue weighted by Gasteiger charge is -2.10. The molecular formula is C13H23N3O2. The summed E-state index contributed by atoms with van der Waals surface area (Å²) in [6, 6.07) is 0. The van der Waals surface area contributed by atoms with E-state index in [1.54, 1.807) is 0 Å². The van der Waals surface area contributed by atoms with E-state index in [1.165, 1.54) is 19.3 Å². The van der Waals surface area contributed by atoms with Crippen LogP contribution in [-0.2, 0) is 17.8 Å². The summed E-state index contributed by atoms with van der Waals surface area (Å²) >= 11 is 0. The summed E-state index contributed by atoms with van der Waals surface area (Å²) in [6.07, 6.45) is 4.65. The molecule has 1 rings (SSSR count). The average Bonchev–Trinajstić information content (AvgIpc) is 2.66. The van der Waals surface area contributed by atoms with Gasteiger partial charge in [-0.1, -0.05) is 45.2 Å². The first kappa shape index (κ1) is 14.7. The van der Waals surface area contributed by atoms with Crippen LogP contribution in [-0.4, -0.2) is 26.1 Å². The molecule has 5 heteroatoms. The second-order valence-corrected chi connectivity index (χ2v) is 4.93. The van der Waals surface area contributed by atoms with Crippen LogP contribution in [0.4, 0.5) is 0 Å². The van der Waals surface area contributed by atoms with E-state index in [1.807, 2.05) is 18.5 Å². The number of aromatic nitrogens is 3. The van der Waals surface area contributed by atoms with E-state index in [2.05, 4.69) is 17.2 Å². The number of aryl methyl sites for hydroxylation is 1. The lowest BCUT2D eigenvalue weighted by molar-refractivity contribution is -0.136. The van der Waals surface area contributed by atoms with Crippen molar-refractivity contribution in [2.24, 2.45) is 0 Å². The Kier molecular flexibility index (Phi) is 5.82. The van der Waals surface area contributed by atoms with E-state index in [-0.39, 0.29) is 12.3 Å². The van der Waals surface area contributed by atoms with Crippen molar-refractivity contribution in [2.75, 3.05) is 0 Å². The second kappa shape index (κ2) is 7.13.